The van der Waals surface area contributed by atoms with Crippen molar-refractivity contribution in [1.82, 2.24) is 4.90 Å². The molecule has 0 bridgehead atoms. The van der Waals surface area contributed by atoms with Crippen LogP contribution in [0.5, 0.6) is 0 Å². The molecule has 1 saturated heterocycles. The van der Waals surface area contributed by atoms with Crippen molar-refractivity contribution in [3.05, 3.63) is 69.9 Å². The molecule has 5 heteroatoms. The average Bonchev–Trinajstić information content (AvgIpc) is 3.10. The first-order valence-electron chi connectivity index (χ1n) is 8.38. The van der Waals surface area contributed by atoms with E-state index in [1.54, 1.807) is 24.3 Å². The summed E-state index contributed by atoms with van der Waals surface area (Å²) in [4.78, 5) is 26.6. The number of ketones is 1. The normalized spacial score (nSPS) is 16.9. The van der Waals surface area contributed by atoms with E-state index in [0.29, 0.717) is 12.1 Å². The van der Waals surface area contributed by atoms with Gasteiger partial charge in [-0.05, 0) is 42.7 Å². The number of nitrogens with zero attached hydrogens (tertiary/aromatic N) is 1. The molecule has 1 fully saturated rings. The molecule has 2 aromatic rings. The SMILES string of the molecule is O=C(CCC(=O)N1CCCC1c1ccc(F)cc1)c1ccc(Br)cc1. The molecule has 1 heterocycles. The van der Waals surface area contributed by atoms with Crippen LogP contribution in [0.15, 0.2) is 53.0 Å². The number of likely N-dealkylation sites (tertiary alicyclic amines) is 1. The highest BCUT2D eigenvalue weighted by Gasteiger charge is 2.29. The molecule has 0 aliphatic carbocycles. The second kappa shape index (κ2) is 7.91. The molecule has 0 aromatic heterocycles. The van der Waals surface area contributed by atoms with Crippen LogP contribution >= 0.6 is 15.9 Å². The molecule has 1 aliphatic heterocycles. The largest absolute Gasteiger partial charge is 0.336 e. The van der Waals surface area contributed by atoms with Crippen LogP contribution in [0.4, 0.5) is 4.39 Å². The van der Waals surface area contributed by atoms with Crippen molar-refractivity contribution in [3.8, 4) is 0 Å². The lowest BCUT2D eigenvalue weighted by Crippen LogP contribution is -2.30. The van der Waals surface area contributed by atoms with E-state index in [1.807, 2.05) is 17.0 Å². The highest BCUT2D eigenvalue weighted by Crippen LogP contribution is 2.32. The van der Waals surface area contributed by atoms with E-state index in [0.717, 1.165) is 22.9 Å². The summed E-state index contributed by atoms with van der Waals surface area (Å²) >= 11 is 3.34. The van der Waals surface area contributed by atoms with Crippen molar-refractivity contribution in [2.24, 2.45) is 0 Å². The predicted molar refractivity (Wildman–Crippen MR) is 97.8 cm³/mol. The second-order valence-corrected chi connectivity index (χ2v) is 7.14. The quantitative estimate of drug-likeness (QED) is 0.664. The summed E-state index contributed by atoms with van der Waals surface area (Å²) in [5.41, 5.74) is 1.57. The van der Waals surface area contributed by atoms with E-state index in [2.05, 4.69) is 15.9 Å². The minimum atomic E-state index is -0.278. The fraction of sp³-hybridized carbons (Fsp3) is 0.300. The van der Waals surface area contributed by atoms with Gasteiger partial charge in [0.25, 0.3) is 0 Å². The average molecular weight is 404 g/mol. The summed E-state index contributed by atoms with van der Waals surface area (Å²) in [6.07, 6.45) is 2.20. The summed E-state index contributed by atoms with van der Waals surface area (Å²) in [7, 11) is 0. The van der Waals surface area contributed by atoms with Gasteiger partial charge in [-0.25, -0.2) is 4.39 Å². The van der Waals surface area contributed by atoms with Gasteiger partial charge in [0.1, 0.15) is 5.82 Å². The number of carbonyl (C=O) groups excluding carboxylic acids is 2. The van der Waals surface area contributed by atoms with Crippen LogP contribution in [0.3, 0.4) is 0 Å². The number of carbonyl (C=O) groups is 2. The number of halogens is 2. The maximum absolute atomic E-state index is 13.1. The summed E-state index contributed by atoms with van der Waals surface area (Å²) in [6.45, 7) is 0.688. The minimum absolute atomic E-state index is 0.0164. The fourth-order valence-electron chi connectivity index (χ4n) is 3.24. The van der Waals surface area contributed by atoms with Crippen LogP contribution in [0.25, 0.3) is 0 Å². The monoisotopic (exact) mass is 403 g/mol. The number of amides is 1. The molecule has 1 aliphatic rings. The Balaban J connectivity index is 1.61. The Kier molecular flexibility index (Phi) is 5.63. The molecule has 2 aromatic carbocycles. The molecule has 0 N–H and O–H groups in total. The highest BCUT2D eigenvalue weighted by atomic mass is 79.9. The van der Waals surface area contributed by atoms with E-state index in [-0.39, 0.29) is 36.4 Å². The number of benzene rings is 2. The van der Waals surface area contributed by atoms with Crippen LogP contribution in [0.2, 0.25) is 0 Å². The molecule has 1 atom stereocenters. The third-order valence-corrected chi connectivity index (χ3v) is 5.09. The Hall–Kier alpha value is -2.01. The maximum atomic E-state index is 13.1. The van der Waals surface area contributed by atoms with Crippen LogP contribution in [-0.2, 0) is 4.79 Å². The van der Waals surface area contributed by atoms with Crippen LogP contribution in [0, 0.1) is 5.82 Å². The molecule has 3 rings (SSSR count). The molecule has 1 unspecified atom stereocenters. The number of hydrogen-bond donors (Lipinski definition) is 0. The summed E-state index contributed by atoms with van der Waals surface area (Å²) < 4.78 is 14.0. The first kappa shape index (κ1) is 17.8. The van der Waals surface area contributed by atoms with Gasteiger partial charge in [0.05, 0.1) is 6.04 Å². The lowest BCUT2D eigenvalue weighted by atomic mass is 10.0. The van der Waals surface area contributed by atoms with Crippen molar-refractivity contribution in [2.75, 3.05) is 6.54 Å². The van der Waals surface area contributed by atoms with Crippen molar-refractivity contribution in [3.63, 3.8) is 0 Å². The van der Waals surface area contributed by atoms with Crippen molar-refractivity contribution in [2.45, 2.75) is 31.7 Å². The van der Waals surface area contributed by atoms with Gasteiger partial charge in [-0.1, -0.05) is 40.2 Å². The van der Waals surface area contributed by atoms with Gasteiger partial charge in [-0.15, -0.1) is 0 Å². The van der Waals surface area contributed by atoms with Crippen LogP contribution < -0.4 is 0 Å². The standard InChI is InChI=1S/C20H19BrFNO2/c21-16-7-3-15(4-8-16)19(24)11-12-20(25)23-13-1-2-18(23)14-5-9-17(22)10-6-14/h3-10,18H,1-2,11-13H2. The van der Waals surface area contributed by atoms with Gasteiger partial charge in [0, 0.05) is 29.4 Å². The molecule has 0 saturated carbocycles. The number of Topliss-reactive ketones (excluding diaryl/α,β-unsaturated/α-hetero) is 1. The first-order chi connectivity index (χ1) is 12.0. The molecule has 3 nitrogen and oxygen atoms in total. The molecular formula is C20H19BrFNO2. The Labute approximate surface area is 155 Å². The van der Waals surface area contributed by atoms with Crippen molar-refractivity contribution < 1.29 is 14.0 Å². The van der Waals surface area contributed by atoms with Crippen molar-refractivity contribution in [1.29, 1.82) is 0 Å². The first-order valence-corrected chi connectivity index (χ1v) is 9.17. The third kappa shape index (κ3) is 4.34. The van der Waals surface area contributed by atoms with Gasteiger partial charge >= 0.3 is 0 Å². The van der Waals surface area contributed by atoms with E-state index in [4.69, 9.17) is 0 Å². The van der Waals surface area contributed by atoms with Gasteiger partial charge < -0.3 is 4.90 Å². The van der Waals surface area contributed by atoms with E-state index in [9.17, 15) is 14.0 Å². The zero-order valence-electron chi connectivity index (χ0n) is 13.8. The maximum Gasteiger partial charge on any atom is 0.223 e. The molecule has 130 valence electrons. The summed E-state index contributed by atoms with van der Waals surface area (Å²) in [6, 6.07) is 13.5. The van der Waals surface area contributed by atoms with Gasteiger partial charge in [-0.3, -0.25) is 9.59 Å². The van der Waals surface area contributed by atoms with Gasteiger partial charge in [0.15, 0.2) is 5.78 Å². The smallest absolute Gasteiger partial charge is 0.223 e. The van der Waals surface area contributed by atoms with E-state index in [1.165, 1.54) is 12.1 Å². The summed E-state index contributed by atoms with van der Waals surface area (Å²) in [5.74, 6) is -0.324. The van der Waals surface area contributed by atoms with E-state index < -0.39 is 0 Å². The molecule has 0 radical (unpaired) electrons. The zero-order valence-corrected chi connectivity index (χ0v) is 15.3. The van der Waals surface area contributed by atoms with Crippen LogP contribution in [-0.4, -0.2) is 23.1 Å². The second-order valence-electron chi connectivity index (χ2n) is 6.23. The summed E-state index contributed by atoms with van der Waals surface area (Å²) in [5, 5.41) is 0. The predicted octanol–water partition coefficient (Wildman–Crippen LogP) is 4.91. The molecular weight excluding hydrogens is 385 g/mol. The highest BCUT2D eigenvalue weighted by molar-refractivity contribution is 9.10. The van der Waals surface area contributed by atoms with E-state index >= 15 is 0 Å². The molecule has 25 heavy (non-hydrogen) atoms. The Morgan fingerprint density at radius 2 is 1.72 bits per heavy atom. The minimum Gasteiger partial charge on any atom is -0.336 e. The molecule has 0 spiro atoms. The van der Waals surface area contributed by atoms with Gasteiger partial charge in [0.2, 0.25) is 5.91 Å². The third-order valence-electron chi connectivity index (χ3n) is 4.56. The lowest BCUT2D eigenvalue weighted by Gasteiger charge is -2.25. The van der Waals surface area contributed by atoms with Crippen LogP contribution in [0.1, 0.15) is 47.6 Å². The Morgan fingerprint density at radius 1 is 1.04 bits per heavy atom. The Bertz CT molecular complexity index is 758. The number of hydrogen-bond acceptors (Lipinski definition) is 2. The molecule has 1 amide bonds. The van der Waals surface area contributed by atoms with Crippen molar-refractivity contribution >= 4 is 27.6 Å². The topological polar surface area (TPSA) is 37.4 Å². The Morgan fingerprint density at radius 3 is 2.40 bits per heavy atom. The van der Waals surface area contributed by atoms with Gasteiger partial charge in [-0.2, -0.15) is 0 Å². The fourth-order valence-corrected chi connectivity index (χ4v) is 3.51. The lowest BCUT2D eigenvalue weighted by molar-refractivity contribution is -0.132. The zero-order chi connectivity index (χ0) is 17.8. The number of rotatable bonds is 5.